The summed E-state index contributed by atoms with van der Waals surface area (Å²) in [7, 11) is 0. The lowest BCUT2D eigenvalue weighted by Gasteiger charge is -2.37. The van der Waals surface area contributed by atoms with Crippen molar-refractivity contribution in [3.8, 4) is 0 Å². The molecule has 1 rings (SSSR count). The number of ether oxygens (including phenoxy) is 2. The Morgan fingerprint density at radius 3 is 2.30 bits per heavy atom. The summed E-state index contributed by atoms with van der Waals surface area (Å²) in [6.07, 6.45) is 2.59. The highest BCUT2D eigenvalue weighted by atomic mass is 16.5. The second kappa shape index (κ2) is 7.23. The number of carboxylic acids is 2. The molecule has 1 aliphatic carbocycles. The summed E-state index contributed by atoms with van der Waals surface area (Å²) >= 11 is 0. The zero-order valence-corrected chi connectivity index (χ0v) is 13.3. The molecule has 0 radical (unpaired) electrons. The first kappa shape index (κ1) is 18.6. The van der Waals surface area contributed by atoms with Gasteiger partial charge in [-0.05, 0) is 26.3 Å². The maximum absolute atomic E-state index is 11.9. The minimum Gasteiger partial charge on any atom is -0.481 e. The molecule has 0 aromatic heterocycles. The van der Waals surface area contributed by atoms with Gasteiger partial charge in [-0.1, -0.05) is 19.6 Å². The first-order valence-corrected chi connectivity index (χ1v) is 7.11. The minimum absolute atomic E-state index is 0.0187. The highest BCUT2D eigenvalue weighted by molar-refractivity contribution is 5.92. The van der Waals surface area contributed by atoms with Crippen molar-refractivity contribution in [2.75, 3.05) is 6.61 Å². The molecule has 0 aromatic rings. The second-order valence-electron chi connectivity index (χ2n) is 5.02. The molecule has 0 saturated heterocycles. The standard InChI is InChI=1S/C16H20O7/c1-5-10-12(23-14(19)9(3)4)8-7-11(13(17)18)16(10,15(20)21)22-6-2/h7-8,11H,3,5-6H2,1-2,4H3,(H,17,18)(H,20,21). The van der Waals surface area contributed by atoms with Crippen molar-refractivity contribution in [1.29, 1.82) is 0 Å². The van der Waals surface area contributed by atoms with Crippen molar-refractivity contribution < 1.29 is 34.1 Å². The van der Waals surface area contributed by atoms with Gasteiger partial charge in [-0.2, -0.15) is 0 Å². The summed E-state index contributed by atoms with van der Waals surface area (Å²) in [5.41, 5.74) is -1.88. The van der Waals surface area contributed by atoms with Crippen LogP contribution < -0.4 is 0 Å². The van der Waals surface area contributed by atoms with Crippen molar-refractivity contribution in [3.63, 3.8) is 0 Å². The van der Waals surface area contributed by atoms with Crippen LogP contribution in [-0.4, -0.2) is 40.3 Å². The molecule has 0 saturated carbocycles. The number of aliphatic carboxylic acids is 2. The van der Waals surface area contributed by atoms with Crippen molar-refractivity contribution in [2.24, 2.45) is 5.92 Å². The number of hydrogen-bond acceptors (Lipinski definition) is 5. The van der Waals surface area contributed by atoms with E-state index >= 15 is 0 Å². The zero-order chi connectivity index (χ0) is 17.8. The Morgan fingerprint density at radius 1 is 1.30 bits per heavy atom. The van der Waals surface area contributed by atoms with E-state index in [0.717, 1.165) is 6.08 Å². The number of esters is 1. The van der Waals surface area contributed by atoms with Crippen molar-refractivity contribution in [3.05, 3.63) is 35.6 Å². The Hall–Kier alpha value is -2.41. The number of hydrogen-bond donors (Lipinski definition) is 2. The molecule has 0 heterocycles. The molecular weight excluding hydrogens is 304 g/mol. The Morgan fingerprint density at radius 2 is 1.91 bits per heavy atom. The predicted octanol–water partition coefficient (Wildman–Crippen LogP) is 1.90. The largest absolute Gasteiger partial charge is 0.481 e. The number of carbonyl (C=O) groups excluding carboxylic acids is 1. The Bertz CT molecular complexity index is 600. The van der Waals surface area contributed by atoms with Crippen LogP contribution in [0.25, 0.3) is 0 Å². The first-order valence-electron chi connectivity index (χ1n) is 7.11. The van der Waals surface area contributed by atoms with Gasteiger partial charge in [0.25, 0.3) is 0 Å². The molecule has 2 unspecified atom stereocenters. The SMILES string of the molecule is C=C(C)C(=O)OC1=C(CC)C(OCC)(C(=O)O)C(C(=O)O)C=C1. The second-order valence-corrected chi connectivity index (χ2v) is 5.02. The van der Waals surface area contributed by atoms with Gasteiger partial charge < -0.3 is 19.7 Å². The summed E-state index contributed by atoms with van der Waals surface area (Å²) in [5.74, 6) is -4.96. The van der Waals surface area contributed by atoms with Crippen LogP contribution in [0.1, 0.15) is 27.2 Å². The third kappa shape index (κ3) is 3.34. The third-order valence-corrected chi connectivity index (χ3v) is 3.48. The predicted molar refractivity (Wildman–Crippen MR) is 80.5 cm³/mol. The Balaban J connectivity index is 3.53. The first-order chi connectivity index (χ1) is 10.7. The Kier molecular flexibility index (Phi) is 5.86. The van der Waals surface area contributed by atoms with Gasteiger partial charge in [-0.3, -0.25) is 4.79 Å². The number of rotatable bonds is 7. The highest BCUT2D eigenvalue weighted by Gasteiger charge is 2.55. The molecule has 23 heavy (non-hydrogen) atoms. The smallest absolute Gasteiger partial charge is 0.341 e. The van der Waals surface area contributed by atoms with Crippen LogP contribution in [0, 0.1) is 5.92 Å². The summed E-state index contributed by atoms with van der Waals surface area (Å²) in [6, 6.07) is 0. The molecule has 1 aliphatic rings. The van der Waals surface area contributed by atoms with Gasteiger partial charge in [0.05, 0.1) is 0 Å². The van der Waals surface area contributed by atoms with Crippen LogP contribution >= 0.6 is 0 Å². The van der Waals surface area contributed by atoms with E-state index in [1.807, 2.05) is 0 Å². The van der Waals surface area contributed by atoms with E-state index in [0.29, 0.717) is 0 Å². The maximum Gasteiger partial charge on any atom is 0.341 e. The van der Waals surface area contributed by atoms with Crippen LogP contribution in [0.3, 0.4) is 0 Å². The molecular formula is C16H20O7. The van der Waals surface area contributed by atoms with Gasteiger partial charge in [-0.25, -0.2) is 9.59 Å². The summed E-state index contributed by atoms with van der Waals surface area (Å²) < 4.78 is 10.5. The minimum atomic E-state index is -2.12. The van der Waals surface area contributed by atoms with Gasteiger partial charge in [0.15, 0.2) is 0 Å². The van der Waals surface area contributed by atoms with E-state index in [1.54, 1.807) is 13.8 Å². The van der Waals surface area contributed by atoms with Gasteiger partial charge in [0.1, 0.15) is 11.7 Å². The summed E-state index contributed by atoms with van der Waals surface area (Å²) in [5, 5.41) is 19.1. The fourth-order valence-corrected chi connectivity index (χ4v) is 2.49. The lowest BCUT2D eigenvalue weighted by atomic mass is 9.75. The highest BCUT2D eigenvalue weighted by Crippen LogP contribution is 2.40. The van der Waals surface area contributed by atoms with Crippen molar-refractivity contribution in [1.82, 2.24) is 0 Å². The van der Waals surface area contributed by atoms with Gasteiger partial charge >= 0.3 is 17.9 Å². The lowest BCUT2D eigenvalue weighted by Crippen LogP contribution is -2.54. The normalized spacial score (nSPS) is 23.5. The van der Waals surface area contributed by atoms with E-state index in [4.69, 9.17) is 9.47 Å². The average molecular weight is 324 g/mol. The molecule has 7 heteroatoms. The molecule has 0 aromatic carbocycles. The third-order valence-electron chi connectivity index (χ3n) is 3.48. The fourth-order valence-electron chi connectivity index (χ4n) is 2.49. The topological polar surface area (TPSA) is 110 Å². The average Bonchev–Trinajstić information content (AvgIpc) is 2.46. The van der Waals surface area contributed by atoms with Gasteiger partial charge in [0.2, 0.25) is 5.60 Å². The van der Waals surface area contributed by atoms with E-state index in [-0.39, 0.29) is 29.9 Å². The maximum atomic E-state index is 11.9. The number of carbonyl (C=O) groups is 3. The van der Waals surface area contributed by atoms with Crippen molar-refractivity contribution >= 4 is 17.9 Å². The quantitative estimate of drug-likeness (QED) is 0.543. The molecule has 0 aliphatic heterocycles. The number of carboxylic acid groups (broad SMARTS) is 2. The van der Waals surface area contributed by atoms with E-state index in [9.17, 15) is 24.6 Å². The molecule has 0 spiro atoms. The molecule has 2 atom stereocenters. The lowest BCUT2D eigenvalue weighted by molar-refractivity contribution is -0.174. The van der Waals surface area contributed by atoms with Crippen LogP contribution in [0.5, 0.6) is 0 Å². The molecule has 0 bridgehead atoms. The number of allylic oxidation sites excluding steroid dienone is 1. The molecule has 0 fully saturated rings. The van der Waals surface area contributed by atoms with Crippen LogP contribution in [-0.2, 0) is 23.9 Å². The van der Waals surface area contributed by atoms with Crippen molar-refractivity contribution in [2.45, 2.75) is 32.8 Å². The summed E-state index contributed by atoms with van der Waals surface area (Å²) in [6.45, 7) is 8.10. The monoisotopic (exact) mass is 324 g/mol. The molecule has 0 amide bonds. The molecule has 126 valence electrons. The van der Waals surface area contributed by atoms with E-state index < -0.39 is 29.4 Å². The van der Waals surface area contributed by atoms with Crippen LogP contribution in [0.2, 0.25) is 0 Å². The molecule has 7 nitrogen and oxygen atoms in total. The van der Waals surface area contributed by atoms with E-state index in [2.05, 4.69) is 6.58 Å². The van der Waals surface area contributed by atoms with Gasteiger partial charge in [0, 0.05) is 17.8 Å². The van der Waals surface area contributed by atoms with Gasteiger partial charge in [-0.15, -0.1) is 0 Å². The van der Waals surface area contributed by atoms with Crippen LogP contribution in [0.4, 0.5) is 0 Å². The van der Waals surface area contributed by atoms with E-state index in [1.165, 1.54) is 13.0 Å². The molecule has 2 N–H and O–H groups in total. The zero-order valence-electron chi connectivity index (χ0n) is 13.3. The summed E-state index contributed by atoms with van der Waals surface area (Å²) in [4.78, 5) is 35.1. The Labute approximate surface area is 133 Å². The fraction of sp³-hybridized carbons (Fsp3) is 0.438. The van der Waals surface area contributed by atoms with Crippen LogP contribution in [0.15, 0.2) is 35.6 Å².